The van der Waals surface area contributed by atoms with Crippen molar-refractivity contribution in [3.05, 3.63) is 208 Å². The summed E-state index contributed by atoms with van der Waals surface area (Å²) in [5.74, 6) is 2.32. The van der Waals surface area contributed by atoms with Gasteiger partial charge in [-0.15, -0.1) is 0 Å². The maximum Gasteiger partial charge on any atom is 0.164 e. The molecule has 8 aromatic rings. The molecule has 2 atom stereocenters. The molecule has 10 rings (SSSR count). The zero-order valence-electron chi connectivity index (χ0n) is 29.1. The summed E-state index contributed by atoms with van der Waals surface area (Å²) in [6.45, 7) is 4.20. The molecule has 0 amide bonds. The van der Waals surface area contributed by atoms with Gasteiger partial charge in [-0.1, -0.05) is 175 Å². The average molecular weight is 666 g/mol. The Kier molecular flexibility index (Phi) is 7.07. The Bertz CT molecular complexity index is 2630. The van der Waals surface area contributed by atoms with Gasteiger partial charge in [0.1, 0.15) is 0 Å². The van der Waals surface area contributed by atoms with Crippen molar-refractivity contribution in [3.8, 4) is 34.2 Å². The van der Waals surface area contributed by atoms with Crippen LogP contribution in [0.4, 0.5) is 0 Å². The summed E-state index contributed by atoms with van der Waals surface area (Å²) >= 11 is 0. The Balaban J connectivity index is 1.25. The maximum absolute atomic E-state index is 5.19. The third-order valence-electron chi connectivity index (χ3n) is 10.9. The molecule has 0 saturated carbocycles. The summed E-state index contributed by atoms with van der Waals surface area (Å²) in [5, 5.41) is 5.09. The lowest BCUT2D eigenvalue weighted by Gasteiger charge is -2.32. The molecule has 1 aromatic heterocycles. The second-order valence-corrected chi connectivity index (χ2v) is 14.1. The standard InChI is InChI=1S/C49H35N3/c1-30-20-24-34(25-21-30)47-50-48(35-26-22-31(2)23-27-35)52-49(51-47)39-28-29-41-44-38(39)18-11-19-40(44)45-42(32-12-5-3-6-13-32)36-16-9-10-17-37(36)43(46(41)45)33-14-7-4-8-15-33/h3-29,45-46H,1-2H3. The first-order chi connectivity index (χ1) is 25.6. The minimum atomic E-state index is 0.144. The van der Waals surface area contributed by atoms with Gasteiger partial charge >= 0.3 is 0 Å². The zero-order chi connectivity index (χ0) is 34.8. The molecule has 0 bridgehead atoms. The smallest absolute Gasteiger partial charge is 0.164 e. The van der Waals surface area contributed by atoms with Gasteiger partial charge in [0, 0.05) is 28.5 Å². The predicted molar refractivity (Wildman–Crippen MR) is 212 cm³/mol. The van der Waals surface area contributed by atoms with Crippen LogP contribution in [0.3, 0.4) is 0 Å². The minimum Gasteiger partial charge on any atom is -0.208 e. The lowest BCUT2D eigenvalue weighted by atomic mass is 9.70. The van der Waals surface area contributed by atoms with Gasteiger partial charge in [-0.3, -0.25) is 0 Å². The van der Waals surface area contributed by atoms with Gasteiger partial charge in [-0.25, -0.2) is 15.0 Å². The van der Waals surface area contributed by atoms with Crippen molar-refractivity contribution in [1.29, 1.82) is 0 Å². The number of nitrogens with zero attached hydrogens (tertiary/aromatic N) is 3. The summed E-state index contributed by atoms with van der Waals surface area (Å²) in [5.41, 5.74) is 13.4. The van der Waals surface area contributed by atoms with E-state index in [0.29, 0.717) is 17.5 Å². The van der Waals surface area contributed by atoms with Crippen LogP contribution in [0.15, 0.2) is 164 Å². The molecule has 246 valence electrons. The zero-order valence-corrected chi connectivity index (χ0v) is 29.1. The minimum absolute atomic E-state index is 0.144. The Hall–Kier alpha value is -6.45. The molecule has 3 heteroatoms. The number of aromatic nitrogens is 3. The first-order valence-corrected chi connectivity index (χ1v) is 18.0. The quantitative estimate of drug-likeness (QED) is 0.184. The fraction of sp³-hybridized carbons (Fsp3) is 0.0816. The van der Waals surface area contributed by atoms with E-state index in [1.54, 1.807) is 0 Å². The largest absolute Gasteiger partial charge is 0.208 e. The van der Waals surface area contributed by atoms with E-state index in [1.165, 1.54) is 65.7 Å². The molecular formula is C49H35N3. The first-order valence-electron chi connectivity index (χ1n) is 18.0. The SMILES string of the molecule is Cc1ccc(-c2nc(-c3ccc(C)cc3)nc(-c3ccc4c5c(cccc35)C3C(c5ccccc5)=c5ccccc5=C(c5ccccc5)C43)n2)cc1. The summed E-state index contributed by atoms with van der Waals surface area (Å²) in [6, 6.07) is 59.3. The second kappa shape index (κ2) is 12.1. The van der Waals surface area contributed by atoms with Crippen LogP contribution in [0.25, 0.3) is 56.1 Å². The molecule has 2 aliphatic rings. The van der Waals surface area contributed by atoms with Crippen molar-refractivity contribution in [2.75, 3.05) is 0 Å². The van der Waals surface area contributed by atoms with E-state index in [4.69, 9.17) is 15.0 Å². The maximum atomic E-state index is 5.19. The van der Waals surface area contributed by atoms with Gasteiger partial charge in [-0.05, 0) is 68.5 Å². The van der Waals surface area contributed by atoms with Crippen LogP contribution < -0.4 is 10.4 Å². The Morgan fingerprint density at radius 1 is 0.365 bits per heavy atom. The van der Waals surface area contributed by atoms with Crippen molar-refractivity contribution in [2.24, 2.45) is 0 Å². The first kappa shape index (κ1) is 30.4. The molecule has 1 heterocycles. The summed E-state index contributed by atoms with van der Waals surface area (Å²) in [4.78, 5) is 15.4. The van der Waals surface area contributed by atoms with Crippen LogP contribution in [-0.4, -0.2) is 15.0 Å². The molecule has 52 heavy (non-hydrogen) atoms. The van der Waals surface area contributed by atoms with E-state index in [1.807, 2.05) is 0 Å². The summed E-state index contributed by atoms with van der Waals surface area (Å²) in [7, 11) is 0. The van der Waals surface area contributed by atoms with Gasteiger partial charge in [0.2, 0.25) is 0 Å². The van der Waals surface area contributed by atoms with Crippen LogP contribution in [0.5, 0.6) is 0 Å². The fourth-order valence-electron chi connectivity index (χ4n) is 8.53. The highest BCUT2D eigenvalue weighted by Gasteiger charge is 2.42. The van der Waals surface area contributed by atoms with Crippen LogP contribution in [0.1, 0.15) is 45.2 Å². The summed E-state index contributed by atoms with van der Waals surface area (Å²) < 4.78 is 0. The van der Waals surface area contributed by atoms with Crippen molar-refractivity contribution in [2.45, 2.75) is 25.7 Å². The van der Waals surface area contributed by atoms with E-state index in [0.717, 1.165) is 16.7 Å². The van der Waals surface area contributed by atoms with Crippen LogP contribution in [0.2, 0.25) is 0 Å². The monoisotopic (exact) mass is 665 g/mol. The molecule has 2 aliphatic carbocycles. The van der Waals surface area contributed by atoms with E-state index in [-0.39, 0.29) is 11.8 Å². The molecule has 0 fully saturated rings. The third kappa shape index (κ3) is 4.85. The number of hydrogen-bond acceptors (Lipinski definition) is 3. The molecule has 0 saturated heterocycles. The van der Waals surface area contributed by atoms with E-state index < -0.39 is 0 Å². The normalized spacial score (nSPS) is 15.8. The Labute approximate surface area is 303 Å². The molecule has 0 aliphatic heterocycles. The van der Waals surface area contributed by atoms with Crippen LogP contribution in [0, 0.1) is 13.8 Å². The number of hydrogen-bond donors (Lipinski definition) is 0. The fourth-order valence-corrected chi connectivity index (χ4v) is 8.53. The van der Waals surface area contributed by atoms with Gasteiger partial charge in [-0.2, -0.15) is 0 Å². The lowest BCUT2D eigenvalue weighted by molar-refractivity contribution is 0.791. The van der Waals surface area contributed by atoms with E-state index in [9.17, 15) is 0 Å². The van der Waals surface area contributed by atoms with E-state index in [2.05, 4.69) is 178 Å². The van der Waals surface area contributed by atoms with Crippen LogP contribution >= 0.6 is 0 Å². The molecule has 0 spiro atoms. The molecule has 0 radical (unpaired) electrons. The number of aryl methyl sites for hydroxylation is 2. The molecule has 0 N–H and O–H groups in total. The van der Waals surface area contributed by atoms with Gasteiger partial charge in [0.05, 0.1) is 0 Å². The predicted octanol–water partition coefficient (Wildman–Crippen LogP) is 9.94. The topological polar surface area (TPSA) is 38.7 Å². The molecule has 3 nitrogen and oxygen atoms in total. The second-order valence-electron chi connectivity index (χ2n) is 14.1. The number of fused-ring (bicyclic) bond motifs is 4. The van der Waals surface area contributed by atoms with Crippen molar-refractivity contribution in [3.63, 3.8) is 0 Å². The number of rotatable bonds is 5. The third-order valence-corrected chi connectivity index (χ3v) is 10.9. The lowest BCUT2D eigenvalue weighted by Crippen LogP contribution is -2.38. The number of benzene rings is 7. The van der Waals surface area contributed by atoms with Gasteiger partial charge < -0.3 is 0 Å². The molecule has 7 aromatic carbocycles. The molecule has 2 unspecified atom stereocenters. The highest BCUT2D eigenvalue weighted by molar-refractivity contribution is 6.05. The van der Waals surface area contributed by atoms with E-state index >= 15 is 0 Å². The Morgan fingerprint density at radius 2 is 0.827 bits per heavy atom. The van der Waals surface area contributed by atoms with Crippen molar-refractivity contribution < 1.29 is 0 Å². The van der Waals surface area contributed by atoms with Gasteiger partial charge in [0.15, 0.2) is 17.5 Å². The van der Waals surface area contributed by atoms with Crippen LogP contribution in [-0.2, 0) is 0 Å². The highest BCUT2D eigenvalue weighted by Crippen LogP contribution is 2.57. The summed E-state index contributed by atoms with van der Waals surface area (Å²) in [6.07, 6.45) is 0. The highest BCUT2D eigenvalue weighted by atomic mass is 15.0. The average Bonchev–Trinajstić information content (AvgIpc) is 3.53. The Morgan fingerprint density at radius 3 is 1.35 bits per heavy atom. The van der Waals surface area contributed by atoms with Gasteiger partial charge in [0.25, 0.3) is 0 Å². The molecular weight excluding hydrogens is 631 g/mol. The van der Waals surface area contributed by atoms with Crippen molar-refractivity contribution >= 4 is 21.9 Å². The van der Waals surface area contributed by atoms with Crippen molar-refractivity contribution in [1.82, 2.24) is 15.0 Å².